The zero-order valence-electron chi connectivity index (χ0n) is 8.03. The Bertz CT molecular complexity index is 424. The Balaban J connectivity index is 2.07. The van der Waals surface area contributed by atoms with Crippen molar-refractivity contribution in [3.05, 3.63) is 48.3 Å². The third-order valence-electron chi connectivity index (χ3n) is 2.85. The van der Waals surface area contributed by atoms with Gasteiger partial charge in [0, 0.05) is 17.5 Å². The molecule has 14 heavy (non-hydrogen) atoms. The van der Waals surface area contributed by atoms with E-state index in [0.29, 0.717) is 0 Å². The summed E-state index contributed by atoms with van der Waals surface area (Å²) in [6.07, 6.45) is 4.75. The van der Waals surface area contributed by atoms with Crippen molar-refractivity contribution in [3.8, 4) is 11.1 Å². The average Bonchev–Trinajstić information content (AvgIpc) is 2.98. The first kappa shape index (κ1) is 7.86. The first-order valence-corrected chi connectivity index (χ1v) is 5.18. The Morgan fingerprint density at radius 3 is 2.50 bits per heavy atom. The maximum absolute atomic E-state index is 3.37. The fourth-order valence-corrected chi connectivity index (χ4v) is 1.96. The molecule has 70 valence electrons. The zero-order valence-corrected chi connectivity index (χ0v) is 8.03. The van der Waals surface area contributed by atoms with Crippen LogP contribution < -0.4 is 0 Å². The molecule has 1 nitrogen and oxygen atoms in total. The van der Waals surface area contributed by atoms with E-state index in [0.717, 1.165) is 5.92 Å². The van der Waals surface area contributed by atoms with E-state index in [-0.39, 0.29) is 0 Å². The van der Waals surface area contributed by atoms with E-state index in [2.05, 4.69) is 47.6 Å². The fraction of sp³-hybridized carbons (Fsp3) is 0.231. The molecule has 3 rings (SSSR count). The lowest BCUT2D eigenvalue weighted by Crippen LogP contribution is -1.83. The summed E-state index contributed by atoms with van der Waals surface area (Å²) >= 11 is 0. The third kappa shape index (κ3) is 1.25. The van der Waals surface area contributed by atoms with Gasteiger partial charge in [0.2, 0.25) is 0 Å². The molecule has 1 saturated carbocycles. The van der Waals surface area contributed by atoms with Crippen molar-refractivity contribution in [2.75, 3.05) is 0 Å². The summed E-state index contributed by atoms with van der Waals surface area (Å²) in [7, 11) is 0. The molecule has 0 saturated heterocycles. The van der Waals surface area contributed by atoms with Crippen LogP contribution in [0.15, 0.2) is 42.6 Å². The topological polar surface area (TPSA) is 15.8 Å². The minimum atomic E-state index is 0.792. The Labute approximate surface area is 83.8 Å². The van der Waals surface area contributed by atoms with Gasteiger partial charge in [-0.2, -0.15) is 0 Å². The van der Waals surface area contributed by atoms with Crippen molar-refractivity contribution < 1.29 is 0 Å². The van der Waals surface area contributed by atoms with Crippen LogP contribution in [0, 0.1) is 0 Å². The number of H-pyrrole nitrogens is 1. The highest BCUT2D eigenvalue weighted by Gasteiger charge is 2.27. The molecular formula is C13H13N. The van der Waals surface area contributed by atoms with Crippen LogP contribution >= 0.6 is 0 Å². The van der Waals surface area contributed by atoms with E-state index in [9.17, 15) is 0 Å². The average molecular weight is 183 g/mol. The molecule has 1 aromatic carbocycles. The van der Waals surface area contributed by atoms with Gasteiger partial charge in [0.25, 0.3) is 0 Å². The normalized spacial score (nSPS) is 15.7. The van der Waals surface area contributed by atoms with Crippen molar-refractivity contribution in [3.63, 3.8) is 0 Å². The molecule has 0 aliphatic heterocycles. The highest BCUT2D eigenvalue weighted by Crippen LogP contribution is 2.43. The summed E-state index contributed by atoms with van der Waals surface area (Å²) in [5, 5.41) is 0. The summed E-state index contributed by atoms with van der Waals surface area (Å²) in [5.41, 5.74) is 4.14. The molecule has 1 N–H and O–H groups in total. The molecule has 1 aliphatic carbocycles. The van der Waals surface area contributed by atoms with Crippen LogP contribution in [0.2, 0.25) is 0 Å². The van der Waals surface area contributed by atoms with Crippen LogP contribution in [0.25, 0.3) is 11.1 Å². The highest BCUT2D eigenvalue weighted by molar-refractivity contribution is 5.67. The minimum Gasteiger partial charge on any atom is -0.364 e. The number of hydrogen-bond donors (Lipinski definition) is 1. The van der Waals surface area contributed by atoms with Crippen LogP contribution in [0.4, 0.5) is 0 Å². The number of nitrogens with one attached hydrogen (secondary N) is 1. The van der Waals surface area contributed by atoms with Gasteiger partial charge in [-0.25, -0.2) is 0 Å². The smallest absolute Gasteiger partial charge is 0.0258 e. The van der Waals surface area contributed by atoms with Crippen LogP contribution in [-0.4, -0.2) is 4.98 Å². The van der Waals surface area contributed by atoms with E-state index in [4.69, 9.17) is 0 Å². The van der Waals surface area contributed by atoms with Crippen LogP contribution in [-0.2, 0) is 0 Å². The van der Waals surface area contributed by atoms with Crippen molar-refractivity contribution in [2.45, 2.75) is 18.8 Å². The van der Waals surface area contributed by atoms with Gasteiger partial charge in [0.05, 0.1) is 0 Å². The summed E-state index contributed by atoms with van der Waals surface area (Å²) in [5.74, 6) is 0.792. The highest BCUT2D eigenvalue weighted by atomic mass is 14.7. The Morgan fingerprint density at radius 2 is 1.79 bits per heavy atom. The summed E-state index contributed by atoms with van der Waals surface area (Å²) < 4.78 is 0. The lowest BCUT2D eigenvalue weighted by Gasteiger charge is -2.01. The quantitative estimate of drug-likeness (QED) is 0.732. The molecule has 2 aromatic rings. The second kappa shape index (κ2) is 3.02. The predicted molar refractivity (Wildman–Crippen MR) is 58.2 cm³/mol. The molecule has 1 heteroatoms. The van der Waals surface area contributed by atoms with E-state index in [1.54, 1.807) is 0 Å². The maximum Gasteiger partial charge on any atom is 0.0258 e. The molecule has 0 bridgehead atoms. The third-order valence-corrected chi connectivity index (χ3v) is 2.85. The minimum absolute atomic E-state index is 0.792. The van der Waals surface area contributed by atoms with E-state index < -0.39 is 0 Å². The van der Waals surface area contributed by atoms with Crippen molar-refractivity contribution in [2.24, 2.45) is 0 Å². The molecule has 1 heterocycles. The standard InChI is InChI=1S/C13H13N/c1-2-4-10(5-3-1)12-8-9-14-13(12)11-6-7-11/h1-5,8-9,11,14H,6-7H2. The SMILES string of the molecule is c1ccc(-c2cc[nH]c2C2CC2)cc1. The van der Waals surface area contributed by atoms with Gasteiger partial charge in [-0.3, -0.25) is 0 Å². The molecule has 0 unspecified atom stereocenters. The van der Waals surface area contributed by atoms with Gasteiger partial charge in [-0.15, -0.1) is 0 Å². The number of rotatable bonds is 2. The Morgan fingerprint density at radius 1 is 1.00 bits per heavy atom. The van der Waals surface area contributed by atoms with Gasteiger partial charge in [0.1, 0.15) is 0 Å². The molecule has 1 aliphatic rings. The first-order chi connectivity index (χ1) is 6.95. The van der Waals surface area contributed by atoms with Crippen LogP contribution in [0.3, 0.4) is 0 Å². The molecule has 1 fully saturated rings. The molecule has 1 aromatic heterocycles. The summed E-state index contributed by atoms with van der Waals surface area (Å²) in [6.45, 7) is 0. The number of hydrogen-bond acceptors (Lipinski definition) is 0. The van der Waals surface area contributed by atoms with E-state index in [1.807, 2.05) is 0 Å². The maximum atomic E-state index is 3.37. The molecule has 0 spiro atoms. The van der Waals surface area contributed by atoms with Crippen molar-refractivity contribution >= 4 is 0 Å². The van der Waals surface area contributed by atoms with E-state index >= 15 is 0 Å². The van der Waals surface area contributed by atoms with Gasteiger partial charge in [-0.1, -0.05) is 30.3 Å². The molecule has 0 radical (unpaired) electrons. The number of benzene rings is 1. The summed E-state index contributed by atoms with van der Waals surface area (Å²) in [4.78, 5) is 3.37. The van der Waals surface area contributed by atoms with Crippen LogP contribution in [0.1, 0.15) is 24.5 Å². The Kier molecular flexibility index (Phi) is 1.69. The number of aromatic nitrogens is 1. The predicted octanol–water partition coefficient (Wildman–Crippen LogP) is 3.56. The van der Waals surface area contributed by atoms with E-state index in [1.165, 1.54) is 29.7 Å². The Hall–Kier alpha value is -1.50. The van der Waals surface area contributed by atoms with Crippen molar-refractivity contribution in [1.29, 1.82) is 0 Å². The number of aromatic amines is 1. The zero-order chi connectivity index (χ0) is 9.38. The van der Waals surface area contributed by atoms with Crippen molar-refractivity contribution in [1.82, 2.24) is 4.98 Å². The van der Waals surface area contributed by atoms with Gasteiger partial charge in [0.15, 0.2) is 0 Å². The lowest BCUT2D eigenvalue weighted by molar-refractivity contribution is 1.05. The van der Waals surface area contributed by atoms with Gasteiger partial charge in [-0.05, 0) is 30.4 Å². The second-order valence-corrected chi connectivity index (χ2v) is 3.95. The molecular weight excluding hydrogens is 170 g/mol. The largest absolute Gasteiger partial charge is 0.364 e. The van der Waals surface area contributed by atoms with Gasteiger partial charge >= 0.3 is 0 Å². The monoisotopic (exact) mass is 183 g/mol. The molecule has 0 atom stereocenters. The molecule has 0 amide bonds. The second-order valence-electron chi connectivity index (χ2n) is 3.95. The summed E-state index contributed by atoms with van der Waals surface area (Å²) in [6, 6.07) is 12.8. The van der Waals surface area contributed by atoms with Crippen LogP contribution in [0.5, 0.6) is 0 Å². The fourth-order valence-electron chi connectivity index (χ4n) is 1.96. The van der Waals surface area contributed by atoms with Gasteiger partial charge < -0.3 is 4.98 Å². The first-order valence-electron chi connectivity index (χ1n) is 5.18. The lowest BCUT2D eigenvalue weighted by atomic mass is 10.0.